The van der Waals surface area contributed by atoms with Crippen LogP contribution in [0.1, 0.15) is 5.56 Å². The molecule has 154 valence electrons. The van der Waals surface area contributed by atoms with Gasteiger partial charge in [0.2, 0.25) is 0 Å². The molecule has 0 spiro atoms. The fourth-order valence-electron chi connectivity index (χ4n) is 3.36. The third-order valence-electron chi connectivity index (χ3n) is 5.04. The van der Waals surface area contributed by atoms with E-state index in [9.17, 15) is 9.90 Å². The molecule has 0 fully saturated rings. The molecule has 0 aliphatic heterocycles. The molecule has 4 aromatic carbocycles. The molecule has 0 aliphatic rings. The summed E-state index contributed by atoms with van der Waals surface area (Å²) in [4.78, 5) is 11.1. The highest BCUT2D eigenvalue weighted by Crippen LogP contribution is 2.41. The molecule has 0 unspecified atom stereocenters. The van der Waals surface area contributed by atoms with E-state index >= 15 is 0 Å². The number of hydrogen-bond donors (Lipinski definition) is 2. The van der Waals surface area contributed by atoms with Gasteiger partial charge in [0, 0.05) is 10.9 Å². The molecule has 4 rings (SSSR count). The summed E-state index contributed by atoms with van der Waals surface area (Å²) in [6, 6.07) is 23.4. The van der Waals surface area contributed by atoms with E-state index in [1.807, 2.05) is 42.5 Å². The number of phenolic OH excluding ortho intramolecular Hbond substituents is 1. The average Bonchev–Trinajstić information content (AvgIpc) is 2.79. The van der Waals surface area contributed by atoms with E-state index in [0.29, 0.717) is 17.1 Å². The molecule has 0 amide bonds. The maximum Gasteiger partial charge on any atom is 0.335 e. The normalized spacial score (nSPS) is 10.6. The van der Waals surface area contributed by atoms with Crippen molar-refractivity contribution in [3.8, 4) is 34.1 Å². The van der Waals surface area contributed by atoms with Crippen LogP contribution in [0.2, 0.25) is 0 Å². The van der Waals surface area contributed by atoms with Gasteiger partial charge >= 0.3 is 5.97 Å². The number of carboxylic acids is 1. The van der Waals surface area contributed by atoms with Gasteiger partial charge < -0.3 is 19.7 Å². The third kappa shape index (κ3) is 4.07. The minimum absolute atomic E-state index is 0.0195. The Morgan fingerprint density at radius 3 is 2.19 bits per heavy atom. The molecule has 0 heterocycles. The molecule has 0 radical (unpaired) electrons. The van der Waals surface area contributed by atoms with Crippen LogP contribution >= 0.6 is 0 Å². The lowest BCUT2D eigenvalue weighted by atomic mass is 9.99. The number of aliphatic carboxylic acids is 1. The molecular formula is C26H20O5. The highest BCUT2D eigenvalue weighted by atomic mass is 16.5. The zero-order valence-corrected chi connectivity index (χ0v) is 16.8. The van der Waals surface area contributed by atoms with Crippen LogP contribution in [-0.4, -0.2) is 23.3 Å². The van der Waals surface area contributed by atoms with Gasteiger partial charge in [0.05, 0.1) is 12.7 Å². The summed E-state index contributed by atoms with van der Waals surface area (Å²) in [5.74, 6) is 1.05. The van der Waals surface area contributed by atoms with Crippen molar-refractivity contribution in [1.29, 1.82) is 0 Å². The summed E-state index contributed by atoms with van der Waals surface area (Å²) in [6.45, 7) is 3.58. The van der Waals surface area contributed by atoms with Gasteiger partial charge in [-0.3, -0.25) is 0 Å². The van der Waals surface area contributed by atoms with E-state index in [4.69, 9.17) is 14.6 Å². The zero-order chi connectivity index (χ0) is 22.0. The van der Waals surface area contributed by atoms with Crippen LogP contribution in [0.15, 0.2) is 85.4 Å². The molecule has 0 saturated heterocycles. The Morgan fingerprint density at radius 2 is 1.55 bits per heavy atom. The van der Waals surface area contributed by atoms with Crippen molar-refractivity contribution in [3.05, 3.63) is 91.0 Å². The lowest BCUT2D eigenvalue weighted by Gasteiger charge is -2.15. The maximum atomic E-state index is 11.1. The molecule has 0 aliphatic carbocycles. The first kappa shape index (κ1) is 20.0. The number of aromatic hydroxyl groups is 1. The summed E-state index contributed by atoms with van der Waals surface area (Å²) < 4.78 is 11.5. The smallest absolute Gasteiger partial charge is 0.335 e. The number of methoxy groups -OCH3 is 1. The fraction of sp³-hybridized carbons (Fsp3) is 0.0385. The van der Waals surface area contributed by atoms with Crippen LogP contribution in [0.3, 0.4) is 0 Å². The van der Waals surface area contributed by atoms with E-state index in [0.717, 1.165) is 27.6 Å². The van der Waals surface area contributed by atoms with E-state index < -0.39 is 5.97 Å². The second-order valence-electron chi connectivity index (χ2n) is 6.99. The summed E-state index contributed by atoms with van der Waals surface area (Å²) in [6.07, 6.45) is 0. The predicted molar refractivity (Wildman–Crippen MR) is 121 cm³/mol. The topological polar surface area (TPSA) is 76.0 Å². The van der Waals surface area contributed by atoms with Crippen molar-refractivity contribution in [2.75, 3.05) is 7.11 Å². The summed E-state index contributed by atoms with van der Waals surface area (Å²) in [5, 5.41) is 20.7. The van der Waals surface area contributed by atoms with Gasteiger partial charge in [-0.25, -0.2) is 4.79 Å². The minimum atomic E-state index is -1.07. The highest BCUT2D eigenvalue weighted by Gasteiger charge is 2.14. The van der Waals surface area contributed by atoms with Gasteiger partial charge in [0.1, 0.15) is 23.0 Å². The van der Waals surface area contributed by atoms with Crippen molar-refractivity contribution in [1.82, 2.24) is 0 Å². The van der Waals surface area contributed by atoms with Crippen molar-refractivity contribution in [2.24, 2.45) is 0 Å². The maximum absolute atomic E-state index is 11.1. The largest absolute Gasteiger partial charge is 0.508 e. The monoisotopic (exact) mass is 412 g/mol. The number of fused-ring (bicyclic) bond motifs is 1. The van der Waals surface area contributed by atoms with Gasteiger partial charge in [-0.2, -0.15) is 0 Å². The SMILES string of the molecule is C=C(C(=O)O)c1ccc(Oc2c(-c3ccc(OC)cc3)ccc3cc(O)ccc23)cc1. The Kier molecular flexibility index (Phi) is 5.33. The molecular weight excluding hydrogens is 392 g/mol. The van der Waals surface area contributed by atoms with Crippen LogP contribution in [-0.2, 0) is 4.79 Å². The van der Waals surface area contributed by atoms with E-state index in [-0.39, 0.29) is 11.3 Å². The molecule has 5 nitrogen and oxygen atoms in total. The summed E-state index contributed by atoms with van der Waals surface area (Å²) in [7, 11) is 1.62. The van der Waals surface area contributed by atoms with Crippen LogP contribution in [0.5, 0.6) is 23.0 Å². The molecule has 4 aromatic rings. The number of ether oxygens (including phenoxy) is 2. The van der Waals surface area contributed by atoms with Gasteiger partial charge in [0.15, 0.2) is 0 Å². The third-order valence-corrected chi connectivity index (χ3v) is 5.04. The number of hydrogen-bond acceptors (Lipinski definition) is 4. The first-order valence-electron chi connectivity index (χ1n) is 9.57. The lowest BCUT2D eigenvalue weighted by molar-refractivity contribution is -0.130. The Balaban J connectivity index is 1.80. The van der Waals surface area contributed by atoms with Crippen LogP contribution in [0, 0.1) is 0 Å². The Morgan fingerprint density at radius 1 is 0.871 bits per heavy atom. The number of rotatable bonds is 6. The van der Waals surface area contributed by atoms with Gasteiger partial charge in [-0.15, -0.1) is 0 Å². The van der Waals surface area contributed by atoms with Gasteiger partial charge in [-0.05, 0) is 65.0 Å². The van der Waals surface area contributed by atoms with Crippen LogP contribution < -0.4 is 9.47 Å². The quantitative estimate of drug-likeness (QED) is 0.374. The highest BCUT2D eigenvalue weighted by molar-refractivity contribution is 6.14. The molecule has 0 atom stereocenters. The Hall–Kier alpha value is -4.25. The lowest BCUT2D eigenvalue weighted by Crippen LogP contribution is -1.97. The molecule has 2 N–H and O–H groups in total. The average molecular weight is 412 g/mol. The molecule has 5 heteroatoms. The number of carboxylic acid groups (broad SMARTS) is 1. The predicted octanol–water partition coefficient (Wildman–Crippen LogP) is 6.11. The van der Waals surface area contributed by atoms with E-state index in [1.54, 1.807) is 43.5 Å². The Labute approximate surface area is 179 Å². The second-order valence-corrected chi connectivity index (χ2v) is 6.99. The molecule has 0 aromatic heterocycles. The van der Waals surface area contributed by atoms with Crippen molar-refractivity contribution in [3.63, 3.8) is 0 Å². The first-order valence-corrected chi connectivity index (χ1v) is 9.57. The number of phenols is 1. The van der Waals surface area contributed by atoms with Gasteiger partial charge in [0.25, 0.3) is 0 Å². The zero-order valence-electron chi connectivity index (χ0n) is 16.8. The molecule has 0 bridgehead atoms. The Bertz CT molecular complexity index is 1270. The summed E-state index contributed by atoms with van der Waals surface area (Å²) in [5.41, 5.74) is 2.35. The molecule has 0 saturated carbocycles. The molecule has 31 heavy (non-hydrogen) atoms. The first-order chi connectivity index (χ1) is 15.0. The van der Waals surface area contributed by atoms with Crippen molar-refractivity contribution >= 4 is 22.3 Å². The summed E-state index contributed by atoms with van der Waals surface area (Å²) >= 11 is 0. The van der Waals surface area contributed by atoms with E-state index in [1.165, 1.54) is 0 Å². The van der Waals surface area contributed by atoms with Gasteiger partial charge in [-0.1, -0.05) is 36.9 Å². The second kappa shape index (κ2) is 8.24. The minimum Gasteiger partial charge on any atom is -0.508 e. The van der Waals surface area contributed by atoms with Crippen LogP contribution in [0.4, 0.5) is 0 Å². The fourth-order valence-corrected chi connectivity index (χ4v) is 3.36. The number of carbonyl (C=O) groups is 1. The van der Waals surface area contributed by atoms with Crippen molar-refractivity contribution < 1.29 is 24.5 Å². The standard InChI is InChI=1S/C26H20O5/c1-16(26(28)29)17-3-11-22(12-4-17)31-25-23(18-5-9-21(30-2)10-6-18)13-7-19-15-20(27)8-14-24(19)25/h3-15,27H,1H2,2H3,(H,28,29). The van der Waals surface area contributed by atoms with Crippen LogP contribution in [0.25, 0.3) is 27.5 Å². The number of benzene rings is 4. The van der Waals surface area contributed by atoms with Crippen molar-refractivity contribution in [2.45, 2.75) is 0 Å². The van der Waals surface area contributed by atoms with E-state index in [2.05, 4.69) is 6.58 Å².